The summed E-state index contributed by atoms with van der Waals surface area (Å²) in [5.41, 5.74) is -0.234. The number of hydrogen-bond acceptors (Lipinski definition) is 3. The van der Waals surface area contributed by atoms with Gasteiger partial charge in [-0.25, -0.2) is 4.98 Å². The van der Waals surface area contributed by atoms with Gasteiger partial charge >= 0.3 is 0 Å². The zero-order chi connectivity index (χ0) is 12.3. The summed E-state index contributed by atoms with van der Waals surface area (Å²) in [5.74, 6) is 0.841. The first-order chi connectivity index (χ1) is 8.17. The molecule has 4 heteroatoms. The van der Waals surface area contributed by atoms with E-state index in [0.717, 1.165) is 38.9 Å². The number of Topliss-reactive ketones (excluding diaryl/α,β-unsaturated/α-hetero) is 1. The quantitative estimate of drug-likeness (QED) is 0.810. The van der Waals surface area contributed by atoms with Gasteiger partial charge < -0.3 is 9.88 Å². The molecule has 2 heterocycles. The van der Waals surface area contributed by atoms with E-state index in [-0.39, 0.29) is 11.2 Å². The maximum absolute atomic E-state index is 12.6. The molecule has 17 heavy (non-hydrogen) atoms. The third kappa shape index (κ3) is 2.41. The van der Waals surface area contributed by atoms with Crippen LogP contribution in [0.1, 0.15) is 43.7 Å². The van der Waals surface area contributed by atoms with E-state index in [9.17, 15) is 4.79 Å². The van der Waals surface area contributed by atoms with Gasteiger partial charge in [0.1, 0.15) is 0 Å². The van der Waals surface area contributed by atoms with E-state index >= 15 is 0 Å². The summed E-state index contributed by atoms with van der Waals surface area (Å²) in [4.78, 5) is 16.8. The monoisotopic (exact) mass is 235 g/mol. The maximum atomic E-state index is 12.6. The molecule has 0 spiro atoms. The molecule has 0 atom stereocenters. The number of imidazole rings is 1. The first-order valence-electron chi connectivity index (χ1n) is 6.44. The molecule has 0 bridgehead atoms. The van der Waals surface area contributed by atoms with E-state index in [4.69, 9.17) is 0 Å². The number of aryl methyl sites for hydroxylation is 1. The topological polar surface area (TPSA) is 46.9 Å². The fraction of sp³-hybridized carbons (Fsp3) is 0.692. The molecule has 0 radical (unpaired) electrons. The highest BCUT2D eigenvalue weighted by Crippen LogP contribution is 2.31. The first-order valence-corrected chi connectivity index (χ1v) is 6.44. The van der Waals surface area contributed by atoms with Gasteiger partial charge in [-0.15, -0.1) is 0 Å². The number of nitrogens with one attached hydrogen (secondary N) is 1. The minimum absolute atomic E-state index is 0.206. The molecular weight excluding hydrogens is 214 g/mol. The second-order valence-corrected chi connectivity index (χ2v) is 5.08. The van der Waals surface area contributed by atoms with E-state index in [1.54, 1.807) is 6.20 Å². The summed E-state index contributed by atoms with van der Waals surface area (Å²) >= 11 is 0. The van der Waals surface area contributed by atoms with Crippen molar-refractivity contribution in [3.63, 3.8) is 0 Å². The third-order valence-corrected chi connectivity index (χ3v) is 3.64. The molecule has 1 aliphatic rings. The predicted octanol–water partition coefficient (Wildman–Crippen LogP) is 1.87. The minimum atomic E-state index is -0.234. The average Bonchev–Trinajstić information content (AvgIpc) is 2.78. The summed E-state index contributed by atoms with van der Waals surface area (Å²) in [5, 5.41) is 3.30. The highest BCUT2D eigenvalue weighted by molar-refractivity contribution is 5.97. The van der Waals surface area contributed by atoms with Crippen molar-refractivity contribution in [1.82, 2.24) is 14.9 Å². The molecule has 0 aromatic carbocycles. The van der Waals surface area contributed by atoms with E-state index in [0.29, 0.717) is 5.82 Å². The van der Waals surface area contributed by atoms with Crippen LogP contribution in [0, 0.1) is 5.41 Å². The summed E-state index contributed by atoms with van der Waals surface area (Å²) in [6.07, 6.45) is 6.47. The fourth-order valence-corrected chi connectivity index (χ4v) is 2.42. The Balaban J connectivity index is 2.20. The van der Waals surface area contributed by atoms with Gasteiger partial charge in [-0.1, -0.05) is 13.8 Å². The molecule has 0 saturated carbocycles. The Morgan fingerprint density at radius 1 is 1.53 bits per heavy atom. The van der Waals surface area contributed by atoms with Crippen LogP contribution in [0.3, 0.4) is 0 Å². The van der Waals surface area contributed by atoms with Crippen molar-refractivity contribution >= 4 is 5.78 Å². The number of piperidine rings is 1. The normalized spacial score (nSPS) is 19.2. The molecule has 1 saturated heterocycles. The fourth-order valence-electron chi connectivity index (χ4n) is 2.42. The zero-order valence-corrected chi connectivity index (χ0v) is 10.7. The van der Waals surface area contributed by atoms with E-state index in [2.05, 4.69) is 24.1 Å². The number of ketones is 1. The van der Waals surface area contributed by atoms with Crippen LogP contribution in [-0.2, 0) is 6.54 Å². The Labute approximate surface area is 102 Å². The number of hydrogen-bond donors (Lipinski definition) is 1. The number of carbonyl (C=O) groups excluding carboxylic acids is 1. The lowest BCUT2D eigenvalue weighted by atomic mass is 9.77. The largest absolute Gasteiger partial charge is 0.329 e. The number of nitrogens with zero attached hydrogens (tertiary/aromatic N) is 2. The van der Waals surface area contributed by atoms with Crippen LogP contribution in [0.5, 0.6) is 0 Å². The lowest BCUT2D eigenvalue weighted by molar-refractivity contribution is 0.0745. The first kappa shape index (κ1) is 12.3. The molecule has 4 nitrogen and oxygen atoms in total. The maximum Gasteiger partial charge on any atom is 0.204 e. The Morgan fingerprint density at radius 2 is 2.24 bits per heavy atom. The molecule has 0 aliphatic carbocycles. The highest BCUT2D eigenvalue weighted by atomic mass is 16.1. The van der Waals surface area contributed by atoms with Crippen molar-refractivity contribution in [2.45, 2.75) is 39.7 Å². The lowest BCUT2D eigenvalue weighted by Gasteiger charge is -2.32. The molecule has 0 amide bonds. The second kappa shape index (κ2) is 5.00. The van der Waals surface area contributed by atoms with Crippen LogP contribution < -0.4 is 5.32 Å². The predicted molar refractivity (Wildman–Crippen MR) is 67.1 cm³/mol. The third-order valence-electron chi connectivity index (χ3n) is 3.64. The van der Waals surface area contributed by atoms with Crippen molar-refractivity contribution in [3.05, 3.63) is 18.2 Å². The number of rotatable bonds is 4. The summed E-state index contributed by atoms with van der Waals surface area (Å²) in [7, 11) is 0. The Kier molecular flexibility index (Phi) is 3.62. The summed E-state index contributed by atoms with van der Waals surface area (Å²) < 4.78 is 1.98. The van der Waals surface area contributed by atoms with Crippen LogP contribution in [0.15, 0.2) is 12.4 Å². The van der Waals surface area contributed by atoms with E-state index in [1.807, 2.05) is 10.8 Å². The Hall–Kier alpha value is -1.16. The van der Waals surface area contributed by atoms with E-state index < -0.39 is 0 Å². The smallest absolute Gasteiger partial charge is 0.204 e. The SMILES string of the molecule is CCCn1ccnc1C(=O)C1(C)CCNCC1. The number of aromatic nitrogens is 2. The lowest BCUT2D eigenvalue weighted by Crippen LogP contribution is -2.41. The molecule has 1 aliphatic heterocycles. The van der Waals surface area contributed by atoms with Crippen LogP contribution in [-0.4, -0.2) is 28.4 Å². The van der Waals surface area contributed by atoms with Crippen molar-refractivity contribution in [2.75, 3.05) is 13.1 Å². The average molecular weight is 235 g/mol. The van der Waals surface area contributed by atoms with Crippen molar-refractivity contribution in [3.8, 4) is 0 Å². The molecule has 1 fully saturated rings. The number of carbonyl (C=O) groups is 1. The summed E-state index contributed by atoms with van der Waals surface area (Å²) in [6, 6.07) is 0. The van der Waals surface area contributed by atoms with Crippen molar-refractivity contribution in [2.24, 2.45) is 5.41 Å². The van der Waals surface area contributed by atoms with Gasteiger partial charge in [-0.05, 0) is 32.4 Å². The van der Waals surface area contributed by atoms with Gasteiger partial charge in [0.2, 0.25) is 5.78 Å². The summed E-state index contributed by atoms with van der Waals surface area (Å²) in [6.45, 7) is 6.91. The van der Waals surface area contributed by atoms with Gasteiger partial charge in [0.15, 0.2) is 5.82 Å². The highest BCUT2D eigenvalue weighted by Gasteiger charge is 2.37. The van der Waals surface area contributed by atoms with Crippen molar-refractivity contribution in [1.29, 1.82) is 0 Å². The van der Waals surface area contributed by atoms with Gasteiger partial charge in [-0.2, -0.15) is 0 Å². The van der Waals surface area contributed by atoms with Gasteiger partial charge in [0.25, 0.3) is 0 Å². The van der Waals surface area contributed by atoms with Crippen LogP contribution in [0.25, 0.3) is 0 Å². The zero-order valence-electron chi connectivity index (χ0n) is 10.7. The standard InChI is InChI=1S/C13H21N3O/c1-3-9-16-10-8-15-12(16)11(17)13(2)4-6-14-7-5-13/h8,10,14H,3-7,9H2,1-2H3. The molecule has 1 N–H and O–H groups in total. The molecule has 0 unspecified atom stereocenters. The molecule has 1 aromatic heterocycles. The second-order valence-electron chi connectivity index (χ2n) is 5.08. The van der Waals surface area contributed by atoms with Gasteiger partial charge in [-0.3, -0.25) is 4.79 Å². The Bertz CT molecular complexity index is 391. The van der Waals surface area contributed by atoms with Crippen LogP contribution in [0.4, 0.5) is 0 Å². The molecule has 2 rings (SSSR count). The van der Waals surface area contributed by atoms with Crippen LogP contribution in [0.2, 0.25) is 0 Å². The molecule has 1 aromatic rings. The van der Waals surface area contributed by atoms with E-state index in [1.165, 1.54) is 0 Å². The minimum Gasteiger partial charge on any atom is -0.329 e. The van der Waals surface area contributed by atoms with Crippen molar-refractivity contribution < 1.29 is 4.79 Å². The van der Waals surface area contributed by atoms with Gasteiger partial charge in [0.05, 0.1) is 0 Å². The molecular formula is C13H21N3O. The van der Waals surface area contributed by atoms with Crippen LogP contribution >= 0.6 is 0 Å². The molecule has 94 valence electrons. The Morgan fingerprint density at radius 3 is 2.88 bits per heavy atom. The van der Waals surface area contributed by atoms with Gasteiger partial charge in [0, 0.05) is 24.4 Å².